The number of nitrogens with one attached hydrogen (secondary N) is 1. The smallest absolute Gasteiger partial charge is 0.223 e. The third-order valence-electron chi connectivity index (χ3n) is 3.65. The lowest BCUT2D eigenvalue weighted by atomic mass is 9.81. The van der Waals surface area contributed by atoms with Crippen molar-refractivity contribution in [2.24, 2.45) is 11.7 Å². The van der Waals surface area contributed by atoms with E-state index in [9.17, 15) is 4.79 Å². The van der Waals surface area contributed by atoms with E-state index in [2.05, 4.69) is 5.32 Å². The lowest BCUT2D eigenvalue weighted by Crippen LogP contribution is -2.55. The van der Waals surface area contributed by atoms with Gasteiger partial charge < -0.3 is 11.1 Å². The molecule has 3 heteroatoms. The average molecular weight is 212 g/mol. The molecule has 0 aromatic rings. The maximum atomic E-state index is 11.8. The highest BCUT2D eigenvalue weighted by atomic mass is 16.2. The third kappa shape index (κ3) is 3.20. The van der Waals surface area contributed by atoms with Crippen molar-refractivity contribution in [3.63, 3.8) is 0 Å². The molecule has 0 aromatic carbocycles. The fourth-order valence-corrected chi connectivity index (χ4v) is 2.18. The highest BCUT2D eigenvalue weighted by Gasteiger charge is 2.32. The number of nitrogens with two attached hydrogens (primary N) is 1. The molecule has 0 radical (unpaired) electrons. The molecule has 0 aliphatic heterocycles. The van der Waals surface area contributed by atoms with Crippen molar-refractivity contribution < 1.29 is 4.79 Å². The van der Waals surface area contributed by atoms with Crippen LogP contribution in [0.5, 0.6) is 0 Å². The van der Waals surface area contributed by atoms with Crippen LogP contribution in [0.15, 0.2) is 0 Å². The van der Waals surface area contributed by atoms with Crippen molar-refractivity contribution >= 4 is 5.91 Å². The molecule has 1 aliphatic rings. The van der Waals surface area contributed by atoms with E-state index in [-0.39, 0.29) is 17.4 Å². The topological polar surface area (TPSA) is 55.1 Å². The minimum atomic E-state index is -0.0984. The predicted octanol–water partition coefficient (Wildman–Crippen LogP) is 1.81. The van der Waals surface area contributed by atoms with Crippen molar-refractivity contribution in [1.29, 1.82) is 0 Å². The number of carbonyl (C=O) groups excluding carboxylic acids is 1. The van der Waals surface area contributed by atoms with E-state index in [4.69, 9.17) is 5.73 Å². The first-order valence-corrected chi connectivity index (χ1v) is 6.15. The highest BCUT2D eigenvalue weighted by Crippen LogP contribution is 2.27. The zero-order valence-electron chi connectivity index (χ0n) is 10.0. The number of hydrogen-bond acceptors (Lipinski definition) is 2. The number of carbonyl (C=O) groups is 1. The molecule has 1 atom stereocenters. The second-order valence-corrected chi connectivity index (χ2v) is 4.84. The Morgan fingerprint density at radius 1 is 1.40 bits per heavy atom. The van der Waals surface area contributed by atoms with Gasteiger partial charge in [-0.15, -0.1) is 0 Å². The number of hydrogen-bond donors (Lipinski definition) is 2. The van der Waals surface area contributed by atoms with Gasteiger partial charge in [0.1, 0.15) is 0 Å². The summed E-state index contributed by atoms with van der Waals surface area (Å²) in [5, 5.41) is 3.17. The summed E-state index contributed by atoms with van der Waals surface area (Å²) in [4.78, 5) is 11.8. The largest absolute Gasteiger partial charge is 0.349 e. The Morgan fingerprint density at radius 3 is 2.47 bits per heavy atom. The van der Waals surface area contributed by atoms with Gasteiger partial charge in [0, 0.05) is 12.5 Å². The summed E-state index contributed by atoms with van der Waals surface area (Å²) in [5.74, 6) is 0.278. The molecule has 0 spiro atoms. The Labute approximate surface area is 92.8 Å². The van der Waals surface area contributed by atoms with Gasteiger partial charge in [-0.1, -0.05) is 33.1 Å². The lowest BCUT2D eigenvalue weighted by molar-refractivity contribution is -0.126. The molecular formula is C12H24N2O. The molecule has 15 heavy (non-hydrogen) atoms. The molecule has 1 unspecified atom stereocenters. The fourth-order valence-electron chi connectivity index (χ4n) is 2.18. The van der Waals surface area contributed by atoms with Gasteiger partial charge in [0.25, 0.3) is 0 Å². The average Bonchev–Trinajstić information content (AvgIpc) is 2.29. The monoisotopic (exact) mass is 212 g/mol. The van der Waals surface area contributed by atoms with Crippen molar-refractivity contribution in [3.05, 3.63) is 0 Å². The molecule has 0 bridgehead atoms. The standard InChI is InChI=1S/C12H24N2O/c1-3-10(2)11(15)14-12(9-13)7-5-4-6-8-12/h10H,3-9,13H2,1-2H3,(H,14,15). The van der Waals surface area contributed by atoms with Crippen LogP contribution in [0.1, 0.15) is 52.4 Å². The molecule has 1 amide bonds. The van der Waals surface area contributed by atoms with Crippen LogP contribution < -0.4 is 11.1 Å². The maximum absolute atomic E-state index is 11.8. The molecular weight excluding hydrogens is 188 g/mol. The molecule has 0 heterocycles. The van der Waals surface area contributed by atoms with Crippen molar-refractivity contribution in [2.75, 3.05) is 6.54 Å². The second kappa shape index (κ2) is 5.50. The molecule has 88 valence electrons. The summed E-state index contributed by atoms with van der Waals surface area (Å²) >= 11 is 0. The van der Waals surface area contributed by atoms with Crippen LogP contribution in [0.3, 0.4) is 0 Å². The van der Waals surface area contributed by atoms with Crippen LogP contribution in [0.25, 0.3) is 0 Å². The van der Waals surface area contributed by atoms with E-state index in [0.717, 1.165) is 19.3 Å². The van der Waals surface area contributed by atoms with E-state index in [1.807, 2.05) is 13.8 Å². The SMILES string of the molecule is CCC(C)C(=O)NC1(CN)CCCCC1. The lowest BCUT2D eigenvalue weighted by Gasteiger charge is -2.37. The zero-order chi connectivity index (χ0) is 11.3. The maximum Gasteiger partial charge on any atom is 0.223 e. The van der Waals surface area contributed by atoms with E-state index in [1.54, 1.807) is 0 Å². The van der Waals surface area contributed by atoms with Crippen molar-refractivity contribution in [2.45, 2.75) is 57.9 Å². The van der Waals surface area contributed by atoms with Gasteiger partial charge in [0.15, 0.2) is 0 Å². The molecule has 1 fully saturated rings. The molecule has 1 rings (SSSR count). The third-order valence-corrected chi connectivity index (χ3v) is 3.65. The normalized spacial score (nSPS) is 22.1. The Morgan fingerprint density at radius 2 is 2.00 bits per heavy atom. The second-order valence-electron chi connectivity index (χ2n) is 4.84. The minimum Gasteiger partial charge on any atom is -0.349 e. The van der Waals surface area contributed by atoms with E-state index >= 15 is 0 Å². The fraction of sp³-hybridized carbons (Fsp3) is 0.917. The first-order chi connectivity index (χ1) is 7.13. The summed E-state index contributed by atoms with van der Waals surface area (Å²) in [6.07, 6.45) is 6.65. The zero-order valence-corrected chi connectivity index (χ0v) is 10.0. The van der Waals surface area contributed by atoms with Crippen molar-refractivity contribution in [3.8, 4) is 0 Å². The molecule has 1 aliphatic carbocycles. The summed E-state index contributed by atoms with van der Waals surface area (Å²) in [5.41, 5.74) is 5.71. The summed E-state index contributed by atoms with van der Waals surface area (Å²) in [6.45, 7) is 4.60. The van der Waals surface area contributed by atoms with Crippen LogP contribution in [-0.2, 0) is 4.79 Å². The predicted molar refractivity (Wildman–Crippen MR) is 62.5 cm³/mol. The first kappa shape index (κ1) is 12.5. The molecule has 1 saturated carbocycles. The van der Waals surface area contributed by atoms with Gasteiger partial charge in [-0.2, -0.15) is 0 Å². The summed E-state index contributed by atoms with van der Waals surface area (Å²) in [6, 6.07) is 0. The molecule has 0 saturated heterocycles. The van der Waals surface area contributed by atoms with E-state index < -0.39 is 0 Å². The molecule has 3 N–H and O–H groups in total. The first-order valence-electron chi connectivity index (χ1n) is 6.15. The quantitative estimate of drug-likeness (QED) is 0.746. The van der Waals surface area contributed by atoms with Gasteiger partial charge >= 0.3 is 0 Å². The van der Waals surface area contributed by atoms with E-state index in [1.165, 1.54) is 19.3 Å². The van der Waals surface area contributed by atoms with Crippen molar-refractivity contribution in [1.82, 2.24) is 5.32 Å². The Kier molecular flexibility index (Phi) is 4.58. The molecule has 0 aromatic heterocycles. The van der Waals surface area contributed by atoms with Gasteiger partial charge in [-0.05, 0) is 19.3 Å². The van der Waals surface area contributed by atoms with E-state index in [0.29, 0.717) is 6.54 Å². The number of amides is 1. The molecule has 3 nitrogen and oxygen atoms in total. The van der Waals surface area contributed by atoms with Crippen LogP contribution >= 0.6 is 0 Å². The van der Waals surface area contributed by atoms with Crippen LogP contribution in [0, 0.1) is 5.92 Å². The minimum absolute atomic E-state index is 0.0984. The van der Waals surface area contributed by atoms with Gasteiger partial charge in [0.2, 0.25) is 5.91 Å². The Hall–Kier alpha value is -0.570. The number of rotatable bonds is 4. The Balaban J connectivity index is 2.55. The van der Waals surface area contributed by atoms with Gasteiger partial charge in [0.05, 0.1) is 5.54 Å². The van der Waals surface area contributed by atoms with Crippen LogP contribution in [-0.4, -0.2) is 18.0 Å². The van der Waals surface area contributed by atoms with Crippen LogP contribution in [0.2, 0.25) is 0 Å². The summed E-state index contributed by atoms with van der Waals surface area (Å²) in [7, 11) is 0. The van der Waals surface area contributed by atoms with Crippen LogP contribution in [0.4, 0.5) is 0 Å². The summed E-state index contributed by atoms with van der Waals surface area (Å²) < 4.78 is 0. The highest BCUT2D eigenvalue weighted by molar-refractivity contribution is 5.79. The van der Waals surface area contributed by atoms with Gasteiger partial charge in [-0.25, -0.2) is 0 Å². The Bertz CT molecular complexity index is 210. The van der Waals surface area contributed by atoms with Gasteiger partial charge in [-0.3, -0.25) is 4.79 Å².